The maximum absolute atomic E-state index is 13.6. The summed E-state index contributed by atoms with van der Waals surface area (Å²) in [4.78, 5) is 28.6. The van der Waals surface area contributed by atoms with Crippen LogP contribution in [0.4, 0.5) is 0 Å². The molecule has 10 heteroatoms. The van der Waals surface area contributed by atoms with Gasteiger partial charge in [-0.25, -0.2) is 4.72 Å². The molecule has 216 valence electrons. The summed E-state index contributed by atoms with van der Waals surface area (Å²) in [5, 5.41) is 1.04. The molecule has 3 aromatic rings. The summed E-state index contributed by atoms with van der Waals surface area (Å²) in [6.07, 6.45) is 8.68. The molecular weight excluding hydrogens is 540 g/mol. The molecule has 2 fully saturated rings. The van der Waals surface area contributed by atoms with Gasteiger partial charge in [-0.3, -0.25) is 9.59 Å². The number of likely N-dealkylation sites (tertiary alicyclic amines) is 1. The van der Waals surface area contributed by atoms with Gasteiger partial charge >= 0.3 is 10.2 Å². The van der Waals surface area contributed by atoms with Crippen LogP contribution in [-0.4, -0.2) is 68.3 Å². The van der Waals surface area contributed by atoms with Crippen LogP contribution >= 0.6 is 0 Å². The van der Waals surface area contributed by atoms with Crippen LogP contribution in [-0.2, 0) is 21.5 Å². The van der Waals surface area contributed by atoms with Crippen molar-refractivity contribution in [2.45, 2.75) is 51.0 Å². The Morgan fingerprint density at radius 2 is 1.76 bits per heavy atom. The Labute approximate surface area is 240 Å². The Kier molecular flexibility index (Phi) is 7.15. The van der Waals surface area contributed by atoms with Crippen molar-refractivity contribution < 1.29 is 22.7 Å². The first-order valence-corrected chi connectivity index (χ1v) is 15.7. The van der Waals surface area contributed by atoms with Crippen LogP contribution < -0.4 is 9.46 Å². The van der Waals surface area contributed by atoms with Crippen molar-refractivity contribution in [3.63, 3.8) is 0 Å². The zero-order valence-corrected chi connectivity index (χ0v) is 24.6. The topological polar surface area (TPSA) is 101 Å². The summed E-state index contributed by atoms with van der Waals surface area (Å²) in [5.41, 5.74) is 6.00. The molecule has 6 rings (SSSR count). The maximum Gasteiger partial charge on any atom is 0.303 e. The maximum atomic E-state index is 13.6. The fraction of sp³-hybridized carbons (Fsp3) is 0.419. The predicted octanol–water partition coefficient (Wildman–Crippen LogP) is 4.53. The van der Waals surface area contributed by atoms with Crippen molar-refractivity contribution in [1.29, 1.82) is 0 Å². The number of amides is 2. The lowest BCUT2D eigenvalue weighted by Gasteiger charge is -2.31. The third kappa shape index (κ3) is 4.93. The van der Waals surface area contributed by atoms with E-state index in [-0.39, 0.29) is 11.5 Å². The number of aromatic nitrogens is 1. The minimum atomic E-state index is -3.95. The molecule has 0 unspecified atom stereocenters. The van der Waals surface area contributed by atoms with Crippen LogP contribution in [0.5, 0.6) is 5.75 Å². The van der Waals surface area contributed by atoms with E-state index in [0.29, 0.717) is 18.0 Å². The van der Waals surface area contributed by atoms with Crippen molar-refractivity contribution in [2.24, 2.45) is 0 Å². The summed E-state index contributed by atoms with van der Waals surface area (Å²) in [5.74, 6) is 0.394. The molecule has 3 heterocycles. The van der Waals surface area contributed by atoms with Gasteiger partial charge in [0.1, 0.15) is 5.75 Å². The Balaban J connectivity index is 1.58. The van der Waals surface area contributed by atoms with Gasteiger partial charge in [-0.2, -0.15) is 12.7 Å². The highest BCUT2D eigenvalue weighted by Gasteiger charge is 2.32. The highest BCUT2D eigenvalue weighted by molar-refractivity contribution is 7.87. The Bertz CT molecular complexity index is 1680. The number of hydrogen-bond acceptors (Lipinski definition) is 5. The monoisotopic (exact) mass is 576 g/mol. The number of ether oxygens (including phenoxy) is 1. The highest BCUT2D eigenvalue weighted by atomic mass is 32.2. The van der Waals surface area contributed by atoms with Gasteiger partial charge in [0.05, 0.1) is 19.3 Å². The van der Waals surface area contributed by atoms with Crippen LogP contribution in [0.15, 0.2) is 42.0 Å². The molecule has 0 atom stereocenters. The molecule has 9 nitrogen and oxygen atoms in total. The highest BCUT2D eigenvalue weighted by Crippen LogP contribution is 2.47. The summed E-state index contributed by atoms with van der Waals surface area (Å²) in [6, 6.07) is 11.4. The second-order valence-electron chi connectivity index (χ2n) is 11.4. The predicted molar refractivity (Wildman–Crippen MR) is 159 cm³/mol. The number of rotatable bonds is 6. The van der Waals surface area contributed by atoms with Crippen LogP contribution in [0.3, 0.4) is 0 Å². The third-order valence-electron chi connectivity index (χ3n) is 8.67. The molecule has 1 saturated carbocycles. The minimum Gasteiger partial charge on any atom is -0.497 e. The van der Waals surface area contributed by atoms with Crippen LogP contribution in [0.25, 0.3) is 28.2 Å². The standard InChI is InChI=1S/C31H36N4O5S/c1-33(2)41(38,39)32-30(36)21-10-12-26-27(18-21)35-19-23(31(37)34-14-7-15-34)16-22-17-24(40-3)11-13-25(22)29(35)28(26)20-8-5-4-6-9-20/h10-13,16-18,20H,4-9,14-15,19H2,1-3H3,(H,32,36). The van der Waals surface area contributed by atoms with E-state index in [1.165, 1.54) is 26.1 Å². The fourth-order valence-corrected chi connectivity index (χ4v) is 6.84. The van der Waals surface area contributed by atoms with Crippen molar-refractivity contribution in [2.75, 3.05) is 34.3 Å². The molecule has 1 N–H and O–H groups in total. The molecule has 2 amide bonds. The van der Waals surface area contributed by atoms with E-state index in [0.717, 1.165) is 83.0 Å². The van der Waals surface area contributed by atoms with E-state index in [4.69, 9.17) is 4.74 Å². The number of nitrogens with zero attached hydrogens (tertiary/aromatic N) is 3. The first-order chi connectivity index (χ1) is 19.7. The number of nitrogens with one attached hydrogen (secondary N) is 1. The van der Waals surface area contributed by atoms with Crippen molar-refractivity contribution >= 4 is 39.0 Å². The van der Waals surface area contributed by atoms with Crippen LogP contribution in [0.1, 0.15) is 65.9 Å². The Hall–Kier alpha value is -3.63. The Morgan fingerprint density at radius 3 is 2.41 bits per heavy atom. The first kappa shape index (κ1) is 27.5. The number of carbonyl (C=O) groups excluding carboxylic acids is 2. The third-order valence-corrected chi connectivity index (χ3v) is 10.1. The van der Waals surface area contributed by atoms with E-state index >= 15 is 0 Å². The van der Waals surface area contributed by atoms with Crippen molar-refractivity contribution in [3.05, 3.63) is 58.7 Å². The molecule has 2 aromatic carbocycles. The zero-order valence-electron chi connectivity index (χ0n) is 23.8. The van der Waals surface area contributed by atoms with Crippen molar-refractivity contribution in [1.82, 2.24) is 18.5 Å². The molecule has 3 aliphatic rings. The number of carbonyl (C=O) groups is 2. The number of fused-ring (bicyclic) bond motifs is 5. The lowest BCUT2D eigenvalue weighted by atomic mass is 9.81. The minimum absolute atomic E-state index is 0.0184. The smallest absolute Gasteiger partial charge is 0.303 e. The summed E-state index contributed by atoms with van der Waals surface area (Å²) >= 11 is 0. The van der Waals surface area contributed by atoms with Gasteiger partial charge < -0.3 is 14.2 Å². The second-order valence-corrected chi connectivity index (χ2v) is 13.3. The Morgan fingerprint density at radius 1 is 1.00 bits per heavy atom. The van der Waals surface area contributed by atoms with E-state index in [1.54, 1.807) is 19.2 Å². The number of hydrogen-bond donors (Lipinski definition) is 1. The average Bonchev–Trinajstić information content (AvgIpc) is 3.14. The van der Waals surface area contributed by atoms with Gasteiger partial charge in [-0.05, 0) is 72.7 Å². The quantitative estimate of drug-likeness (QED) is 0.465. The van der Waals surface area contributed by atoms with Gasteiger partial charge in [0.25, 0.3) is 11.8 Å². The summed E-state index contributed by atoms with van der Waals surface area (Å²) in [6.45, 7) is 1.85. The van der Waals surface area contributed by atoms with Gasteiger partial charge in [0, 0.05) is 54.8 Å². The van der Waals surface area contributed by atoms with E-state index in [9.17, 15) is 18.0 Å². The number of methoxy groups -OCH3 is 1. The van der Waals surface area contributed by atoms with E-state index < -0.39 is 16.1 Å². The molecule has 0 bridgehead atoms. The molecule has 0 spiro atoms. The molecule has 2 aliphatic heterocycles. The van der Waals surface area contributed by atoms with Gasteiger partial charge in [0.15, 0.2) is 0 Å². The molecule has 0 radical (unpaired) electrons. The largest absolute Gasteiger partial charge is 0.497 e. The molecule has 41 heavy (non-hydrogen) atoms. The molecular formula is C31H36N4O5S. The van der Waals surface area contributed by atoms with Crippen LogP contribution in [0.2, 0.25) is 0 Å². The lowest BCUT2D eigenvalue weighted by Crippen LogP contribution is -2.43. The first-order valence-electron chi connectivity index (χ1n) is 14.3. The normalized spacial score (nSPS) is 17.4. The van der Waals surface area contributed by atoms with Gasteiger partial charge in [0.2, 0.25) is 0 Å². The van der Waals surface area contributed by atoms with E-state index in [2.05, 4.69) is 15.4 Å². The van der Waals surface area contributed by atoms with Gasteiger partial charge in [-0.15, -0.1) is 0 Å². The SMILES string of the molecule is COc1ccc2c(c1)C=C(C(=O)N1CCC1)Cn1c-2c(C2CCCCC2)c2ccc(C(=O)NS(=O)(=O)N(C)C)cc21. The van der Waals surface area contributed by atoms with Crippen LogP contribution in [0, 0.1) is 0 Å². The second kappa shape index (κ2) is 10.6. The summed E-state index contributed by atoms with van der Waals surface area (Å²) in [7, 11) is 0.435. The van der Waals surface area contributed by atoms with Gasteiger partial charge in [-0.1, -0.05) is 25.3 Å². The van der Waals surface area contributed by atoms with E-state index in [1.807, 2.05) is 29.2 Å². The van der Waals surface area contributed by atoms with Crippen molar-refractivity contribution in [3.8, 4) is 17.0 Å². The molecule has 1 aromatic heterocycles. The molecule has 1 aliphatic carbocycles. The summed E-state index contributed by atoms with van der Waals surface area (Å²) < 4.78 is 35.6. The average molecular weight is 577 g/mol. The zero-order chi connectivity index (χ0) is 28.9. The molecule has 1 saturated heterocycles. The number of benzene rings is 2. The fourth-order valence-electron chi connectivity index (χ4n) is 6.30. The lowest BCUT2D eigenvalue weighted by molar-refractivity contribution is -0.130.